The molecule has 1 aromatic heterocycles. The maximum absolute atomic E-state index is 4.01. The van der Waals surface area contributed by atoms with Crippen LogP contribution in [0.25, 0.3) is 10.9 Å². The van der Waals surface area contributed by atoms with Crippen LogP contribution in [-0.4, -0.2) is 16.2 Å². The highest BCUT2D eigenvalue weighted by Crippen LogP contribution is 2.17. The molecule has 80 valence electrons. The van der Waals surface area contributed by atoms with Crippen molar-refractivity contribution in [2.45, 2.75) is 32.7 Å². The molecule has 2 rings (SSSR count). The highest BCUT2D eigenvalue weighted by Gasteiger charge is 2.01. The first kappa shape index (κ1) is 10.0. The van der Waals surface area contributed by atoms with Crippen molar-refractivity contribution in [1.82, 2.24) is 10.2 Å². The number of aromatic nitrogens is 2. The van der Waals surface area contributed by atoms with Gasteiger partial charge in [-0.15, -0.1) is 0 Å². The molecule has 0 aliphatic carbocycles. The van der Waals surface area contributed by atoms with Gasteiger partial charge >= 0.3 is 0 Å². The third-order valence-electron chi connectivity index (χ3n) is 2.57. The zero-order chi connectivity index (χ0) is 10.7. The van der Waals surface area contributed by atoms with Gasteiger partial charge in [-0.3, -0.25) is 5.10 Å². The van der Waals surface area contributed by atoms with Gasteiger partial charge < -0.3 is 5.32 Å². The van der Waals surface area contributed by atoms with Gasteiger partial charge in [-0.2, -0.15) is 5.10 Å². The van der Waals surface area contributed by atoms with Crippen molar-refractivity contribution in [1.29, 1.82) is 0 Å². The molecule has 2 N–H and O–H groups in total. The highest BCUT2D eigenvalue weighted by atomic mass is 15.1. The summed E-state index contributed by atoms with van der Waals surface area (Å²) in [6, 6.07) is 6.81. The van der Waals surface area contributed by atoms with E-state index in [4.69, 9.17) is 0 Å². The average molecular weight is 203 g/mol. The number of hydrogen-bond donors (Lipinski definition) is 2. The molecule has 1 atom stereocenters. The number of hydrogen-bond acceptors (Lipinski definition) is 2. The van der Waals surface area contributed by atoms with E-state index in [-0.39, 0.29) is 0 Å². The molecular weight excluding hydrogens is 186 g/mol. The summed E-state index contributed by atoms with van der Waals surface area (Å²) in [5.74, 6) is 0. The van der Waals surface area contributed by atoms with Gasteiger partial charge in [0.15, 0.2) is 0 Å². The minimum absolute atomic E-state index is 0.527. The molecule has 1 unspecified atom stereocenters. The average Bonchev–Trinajstić information content (AvgIpc) is 2.65. The maximum atomic E-state index is 4.01. The van der Waals surface area contributed by atoms with Gasteiger partial charge in [0, 0.05) is 17.1 Å². The number of benzene rings is 1. The van der Waals surface area contributed by atoms with Crippen LogP contribution in [0.15, 0.2) is 24.4 Å². The van der Waals surface area contributed by atoms with E-state index in [2.05, 4.69) is 47.6 Å². The fourth-order valence-electron chi connectivity index (χ4n) is 1.82. The van der Waals surface area contributed by atoms with Gasteiger partial charge in [-0.25, -0.2) is 0 Å². The van der Waals surface area contributed by atoms with E-state index in [1.165, 1.54) is 18.5 Å². The lowest BCUT2D eigenvalue weighted by molar-refractivity contribution is 0.690. The normalized spacial score (nSPS) is 12.9. The van der Waals surface area contributed by atoms with Gasteiger partial charge in [-0.1, -0.05) is 13.3 Å². The van der Waals surface area contributed by atoms with Gasteiger partial charge in [0.2, 0.25) is 0 Å². The SMILES string of the molecule is CCCC(C)Nc1ccc2[nH]ncc2c1. The van der Waals surface area contributed by atoms with Crippen LogP contribution >= 0.6 is 0 Å². The molecule has 0 saturated heterocycles. The molecule has 3 nitrogen and oxygen atoms in total. The minimum atomic E-state index is 0.527. The lowest BCUT2D eigenvalue weighted by Gasteiger charge is -2.13. The molecule has 0 saturated carbocycles. The van der Waals surface area contributed by atoms with Crippen molar-refractivity contribution in [2.75, 3.05) is 5.32 Å². The van der Waals surface area contributed by atoms with Crippen LogP contribution in [0, 0.1) is 0 Å². The Labute approximate surface area is 89.9 Å². The zero-order valence-electron chi connectivity index (χ0n) is 9.25. The molecule has 0 aliphatic heterocycles. The van der Waals surface area contributed by atoms with Crippen molar-refractivity contribution in [3.8, 4) is 0 Å². The Morgan fingerprint density at radius 2 is 2.33 bits per heavy atom. The van der Waals surface area contributed by atoms with Crippen LogP contribution in [0.4, 0.5) is 5.69 Å². The van der Waals surface area contributed by atoms with Crippen molar-refractivity contribution in [3.63, 3.8) is 0 Å². The topological polar surface area (TPSA) is 40.7 Å². The summed E-state index contributed by atoms with van der Waals surface area (Å²) in [6.07, 6.45) is 4.26. The summed E-state index contributed by atoms with van der Waals surface area (Å²) in [6.45, 7) is 4.42. The van der Waals surface area contributed by atoms with E-state index in [9.17, 15) is 0 Å². The molecule has 0 spiro atoms. The predicted octanol–water partition coefficient (Wildman–Crippen LogP) is 3.16. The lowest BCUT2D eigenvalue weighted by atomic mass is 10.1. The summed E-state index contributed by atoms with van der Waals surface area (Å²) >= 11 is 0. The Kier molecular flexibility index (Phi) is 2.90. The standard InChI is InChI=1S/C12H17N3/c1-3-4-9(2)14-11-5-6-12-10(7-11)8-13-15-12/h5-9,14H,3-4H2,1-2H3,(H,13,15). The molecule has 15 heavy (non-hydrogen) atoms. The largest absolute Gasteiger partial charge is 0.383 e. The molecule has 0 fully saturated rings. The Morgan fingerprint density at radius 1 is 1.47 bits per heavy atom. The van der Waals surface area contributed by atoms with E-state index < -0.39 is 0 Å². The van der Waals surface area contributed by atoms with Crippen LogP contribution in [0.5, 0.6) is 0 Å². The van der Waals surface area contributed by atoms with Gasteiger partial charge in [-0.05, 0) is 31.5 Å². The zero-order valence-corrected chi connectivity index (χ0v) is 9.25. The molecular formula is C12H17N3. The van der Waals surface area contributed by atoms with Gasteiger partial charge in [0.1, 0.15) is 0 Å². The number of H-pyrrole nitrogens is 1. The number of fused-ring (bicyclic) bond motifs is 1. The van der Waals surface area contributed by atoms with E-state index in [1.807, 2.05) is 6.20 Å². The Balaban J connectivity index is 2.14. The lowest BCUT2D eigenvalue weighted by Crippen LogP contribution is -2.14. The second-order valence-corrected chi connectivity index (χ2v) is 4.01. The summed E-state index contributed by atoms with van der Waals surface area (Å²) in [7, 11) is 0. The molecule has 0 radical (unpaired) electrons. The minimum Gasteiger partial charge on any atom is -0.383 e. The predicted molar refractivity (Wildman–Crippen MR) is 64.1 cm³/mol. The summed E-state index contributed by atoms with van der Waals surface area (Å²) in [5.41, 5.74) is 2.26. The van der Waals surface area contributed by atoms with Gasteiger partial charge in [0.25, 0.3) is 0 Å². The molecule has 3 heteroatoms. The number of nitrogens with one attached hydrogen (secondary N) is 2. The quantitative estimate of drug-likeness (QED) is 0.801. The first-order chi connectivity index (χ1) is 7.29. The number of rotatable bonds is 4. The fraction of sp³-hybridized carbons (Fsp3) is 0.417. The molecule has 0 aliphatic rings. The Bertz CT molecular complexity index is 433. The van der Waals surface area contributed by atoms with Crippen LogP contribution < -0.4 is 5.32 Å². The smallest absolute Gasteiger partial charge is 0.0651 e. The summed E-state index contributed by atoms with van der Waals surface area (Å²) < 4.78 is 0. The Hall–Kier alpha value is -1.51. The second-order valence-electron chi connectivity index (χ2n) is 4.01. The third-order valence-corrected chi connectivity index (χ3v) is 2.57. The monoisotopic (exact) mass is 203 g/mol. The van der Waals surface area contributed by atoms with Crippen LogP contribution in [0.3, 0.4) is 0 Å². The number of aromatic amines is 1. The third kappa shape index (κ3) is 2.29. The van der Waals surface area contributed by atoms with Crippen LogP contribution in [-0.2, 0) is 0 Å². The highest BCUT2D eigenvalue weighted by molar-refractivity contribution is 5.81. The van der Waals surface area contributed by atoms with Crippen molar-refractivity contribution in [2.24, 2.45) is 0 Å². The first-order valence-electron chi connectivity index (χ1n) is 5.49. The van der Waals surface area contributed by atoms with Crippen LogP contribution in [0.1, 0.15) is 26.7 Å². The molecule has 2 aromatic rings. The first-order valence-corrected chi connectivity index (χ1v) is 5.49. The maximum Gasteiger partial charge on any atom is 0.0651 e. The van der Waals surface area contributed by atoms with E-state index >= 15 is 0 Å². The summed E-state index contributed by atoms with van der Waals surface area (Å²) in [5, 5.41) is 11.6. The van der Waals surface area contributed by atoms with Crippen LogP contribution in [0.2, 0.25) is 0 Å². The summed E-state index contributed by atoms with van der Waals surface area (Å²) in [4.78, 5) is 0. The van der Waals surface area contributed by atoms with E-state index in [1.54, 1.807) is 0 Å². The van der Waals surface area contributed by atoms with E-state index in [0.29, 0.717) is 6.04 Å². The van der Waals surface area contributed by atoms with Crippen molar-refractivity contribution in [3.05, 3.63) is 24.4 Å². The Morgan fingerprint density at radius 3 is 3.13 bits per heavy atom. The molecule has 0 bridgehead atoms. The molecule has 0 amide bonds. The number of anilines is 1. The van der Waals surface area contributed by atoms with E-state index in [0.717, 1.165) is 10.9 Å². The molecule has 1 aromatic carbocycles. The van der Waals surface area contributed by atoms with Gasteiger partial charge in [0.05, 0.1) is 11.7 Å². The van der Waals surface area contributed by atoms with Crippen molar-refractivity contribution < 1.29 is 0 Å². The number of nitrogens with zero attached hydrogens (tertiary/aromatic N) is 1. The fourth-order valence-corrected chi connectivity index (χ4v) is 1.82. The van der Waals surface area contributed by atoms with Crippen molar-refractivity contribution >= 4 is 16.6 Å². The molecule has 1 heterocycles. The second kappa shape index (κ2) is 4.34.